The maximum absolute atomic E-state index is 12.7. The second-order valence-electron chi connectivity index (χ2n) is 7.98. The van der Waals surface area contributed by atoms with Crippen molar-refractivity contribution < 1.29 is 4.79 Å². The van der Waals surface area contributed by atoms with E-state index in [2.05, 4.69) is 37.4 Å². The molecule has 31 heavy (non-hydrogen) atoms. The summed E-state index contributed by atoms with van der Waals surface area (Å²) < 4.78 is 0. The molecule has 0 atom stereocenters. The quantitative estimate of drug-likeness (QED) is 0.324. The number of hydrogen-bond acceptors (Lipinski definition) is 2. The van der Waals surface area contributed by atoms with E-state index in [0.29, 0.717) is 28.1 Å². The lowest BCUT2D eigenvalue weighted by atomic mass is 9.95. The first-order valence-corrected chi connectivity index (χ1v) is 11.9. The van der Waals surface area contributed by atoms with Crippen LogP contribution in [-0.2, 0) is 0 Å². The molecule has 158 valence electrons. The first-order chi connectivity index (χ1) is 14.9. The summed E-state index contributed by atoms with van der Waals surface area (Å²) in [5.74, 6) is 0.513. The summed E-state index contributed by atoms with van der Waals surface area (Å²) in [5, 5.41) is 4.08. The standard InChI is InChI=1S/C26H23Cl2NOS/c1-16(2)11-12-29-26(30)18-8-10-24-19(13-18)14-21(17-7-9-22(27)23(28)15-17)20-5-3-4-6-25(20)31-24/h3-10,13-16H,11-12H2,1-2H3,(H,29,30). The number of benzene rings is 3. The van der Waals surface area contributed by atoms with E-state index in [-0.39, 0.29) is 5.91 Å². The van der Waals surface area contributed by atoms with Crippen molar-refractivity contribution in [1.29, 1.82) is 0 Å². The molecule has 2 nitrogen and oxygen atoms in total. The average molecular weight is 468 g/mol. The molecule has 0 aliphatic carbocycles. The van der Waals surface area contributed by atoms with Crippen molar-refractivity contribution in [2.75, 3.05) is 6.54 Å². The molecule has 0 saturated heterocycles. The molecule has 0 saturated carbocycles. The summed E-state index contributed by atoms with van der Waals surface area (Å²) in [5.41, 5.74) is 4.85. The summed E-state index contributed by atoms with van der Waals surface area (Å²) in [6.45, 7) is 4.98. The predicted molar refractivity (Wildman–Crippen MR) is 132 cm³/mol. The van der Waals surface area contributed by atoms with Crippen LogP contribution in [0.4, 0.5) is 0 Å². The van der Waals surface area contributed by atoms with Gasteiger partial charge in [0, 0.05) is 21.9 Å². The van der Waals surface area contributed by atoms with Crippen molar-refractivity contribution in [1.82, 2.24) is 5.32 Å². The van der Waals surface area contributed by atoms with Crippen LogP contribution in [0, 0.1) is 5.92 Å². The number of fused-ring (bicyclic) bond motifs is 2. The van der Waals surface area contributed by atoms with Crippen LogP contribution < -0.4 is 5.32 Å². The minimum Gasteiger partial charge on any atom is -0.352 e. The van der Waals surface area contributed by atoms with Crippen molar-refractivity contribution in [2.45, 2.75) is 30.1 Å². The molecule has 3 aromatic rings. The lowest BCUT2D eigenvalue weighted by molar-refractivity contribution is 0.0952. The van der Waals surface area contributed by atoms with Crippen LogP contribution in [0.5, 0.6) is 0 Å². The zero-order valence-corrected chi connectivity index (χ0v) is 19.7. The minimum atomic E-state index is -0.0419. The third-order valence-corrected chi connectivity index (χ3v) is 7.11. The second-order valence-corrected chi connectivity index (χ2v) is 9.87. The number of nitrogens with one attached hydrogen (secondary N) is 1. The summed E-state index contributed by atoms with van der Waals surface area (Å²) in [7, 11) is 0. The Hall–Kier alpha value is -2.20. The predicted octanol–water partition coefficient (Wildman–Crippen LogP) is 7.82. The number of rotatable bonds is 5. The molecule has 1 aliphatic rings. The van der Waals surface area contributed by atoms with Gasteiger partial charge >= 0.3 is 0 Å². The maximum atomic E-state index is 12.7. The smallest absolute Gasteiger partial charge is 0.251 e. The molecule has 1 amide bonds. The van der Waals surface area contributed by atoms with Crippen LogP contribution in [0.1, 0.15) is 47.3 Å². The Morgan fingerprint density at radius 1 is 0.968 bits per heavy atom. The van der Waals surface area contributed by atoms with Gasteiger partial charge in [0.2, 0.25) is 0 Å². The van der Waals surface area contributed by atoms with Gasteiger partial charge in [-0.2, -0.15) is 0 Å². The van der Waals surface area contributed by atoms with Gasteiger partial charge in [-0.3, -0.25) is 4.79 Å². The van der Waals surface area contributed by atoms with E-state index in [0.717, 1.165) is 38.5 Å². The second kappa shape index (κ2) is 9.52. The van der Waals surface area contributed by atoms with Crippen LogP contribution in [0.15, 0.2) is 70.5 Å². The van der Waals surface area contributed by atoms with Crippen molar-refractivity contribution in [3.8, 4) is 0 Å². The highest BCUT2D eigenvalue weighted by molar-refractivity contribution is 7.99. The number of carbonyl (C=O) groups excluding carboxylic acids is 1. The minimum absolute atomic E-state index is 0.0419. The van der Waals surface area contributed by atoms with Crippen molar-refractivity contribution in [2.24, 2.45) is 5.92 Å². The maximum Gasteiger partial charge on any atom is 0.251 e. The van der Waals surface area contributed by atoms with Crippen LogP contribution in [-0.4, -0.2) is 12.5 Å². The molecule has 3 aromatic carbocycles. The van der Waals surface area contributed by atoms with Gasteiger partial charge in [0.25, 0.3) is 5.91 Å². The van der Waals surface area contributed by atoms with Crippen LogP contribution in [0.3, 0.4) is 0 Å². The fourth-order valence-electron chi connectivity index (χ4n) is 3.50. The van der Waals surface area contributed by atoms with Gasteiger partial charge in [0.15, 0.2) is 0 Å². The summed E-state index contributed by atoms with van der Waals surface area (Å²) in [4.78, 5) is 15.0. The number of halogens is 2. The SMILES string of the molecule is CC(C)CCNC(=O)c1ccc2c(c1)C=C(c1ccc(Cl)c(Cl)c1)c1ccccc1S2. The number of amides is 1. The van der Waals surface area contributed by atoms with Crippen LogP contribution in [0.2, 0.25) is 10.0 Å². The first kappa shape index (κ1) is 22.0. The molecule has 5 heteroatoms. The van der Waals surface area contributed by atoms with Gasteiger partial charge in [-0.15, -0.1) is 0 Å². The van der Waals surface area contributed by atoms with Gasteiger partial charge in [0.1, 0.15) is 0 Å². The Balaban J connectivity index is 1.76. The van der Waals surface area contributed by atoms with E-state index in [9.17, 15) is 4.79 Å². The molecule has 0 radical (unpaired) electrons. The Kier molecular flexibility index (Phi) is 6.76. The van der Waals surface area contributed by atoms with Gasteiger partial charge in [-0.25, -0.2) is 0 Å². The first-order valence-electron chi connectivity index (χ1n) is 10.3. The molecule has 1 heterocycles. The van der Waals surface area contributed by atoms with Gasteiger partial charge in [-0.05, 0) is 77.1 Å². The van der Waals surface area contributed by atoms with Crippen molar-refractivity contribution >= 4 is 52.5 Å². The molecule has 1 aliphatic heterocycles. The fraction of sp³-hybridized carbons (Fsp3) is 0.192. The Bertz CT molecular complexity index is 1170. The van der Waals surface area contributed by atoms with Crippen LogP contribution >= 0.6 is 35.0 Å². The van der Waals surface area contributed by atoms with Crippen molar-refractivity contribution in [3.05, 3.63) is 93.0 Å². The van der Waals surface area contributed by atoms with E-state index in [1.165, 1.54) is 0 Å². The molecule has 1 N–H and O–H groups in total. The molecular weight excluding hydrogens is 445 g/mol. The highest BCUT2D eigenvalue weighted by Gasteiger charge is 2.19. The molecular formula is C26H23Cl2NOS. The summed E-state index contributed by atoms with van der Waals surface area (Å²) >= 11 is 14.2. The number of carbonyl (C=O) groups is 1. The van der Waals surface area contributed by atoms with Gasteiger partial charge in [-0.1, -0.05) is 73.1 Å². The molecule has 0 unspecified atom stereocenters. The monoisotopic (exact) mass is 467 g/mol. The third-order valence-electron chi connectivity index (χ3n) is 5.21. The Morgan fingerprint density at radius 3 is 2.55 bits per heavy atom. The average Bonchev–Trinajstić information content (AvgIpc) is 2.91. The Morgan fingerprint density at radius 2 is 1.77 bits per heavy atom. The highest BCUT2D eigenvalue weighted by atomic mass is 35.5. The molecule has 0 aromatic heterocycles. The zero-order valence-electron chi connectivity index (χ0n) is 17.4. The lowest BCUT2D eigenvalue weighted by Crippen LogP contribution is -2.25. The van der Waals surface area contributed by atoms with E-state index < -0.39 is 0 Å². The largest absolute Gasteiger partial charge is 0.352 e. The molecule has 0 bridgehead atoms. The summed E-state index contributed by atoms with van der Waals surface area (Å²) in [6, 6.07) is 19.9. The molecule has 4 rings (SSSR count). The fourth-order valence-corrected chi connectivity index (χ4v) is 4.85. The number of hydrogen-bond donors (Lipinski definition) is 1. The molecule has 0 fully saturated rings. The highest BCUT2D eigenvalue weighted by Crippen LogP contribution is 2.43. The van der Waals surface area contributed by atoms with E-state index >= 15 is 0 Å². The van der Waals surface area contributed by atoms with Gasteiger partial charge in [0.05, 0.1) is 10.0 Å². The zero-order chi connectivity index (χ0) is 22.0. The lowest BCUT2D eigenvalue weighted by Gasteiger charge is -2.11. The summed E-state index contributed by atoms with van der Waals surface area (Å²) in [6.07, 6.45) is 3.10. The van der Waals surface area contributed by atoms with Gasteiger partial charge < -0.3 is 5.32 Å². The topological polar surface area (TPSA) is 29.1 Å². The van der Waals surface area contributed by atoms with Crippen LogP contribution in [0.25, 0.3) is 11.6 Å². The van der Waals surface area contributed by atoms with Crippen molar-refractivity contribution in [3.63, 3.8) is 0 Å². The van der Waals surface area contributed by atoms with E-state index in [1.54, 1.807) is 11.8 Å². The van der Waals surface area contributed by atoms with E-state index in [4.69, 9.17) is 23.2 Å². The van der Waals surface area contributed by atoms with E-state index in [1.807, 2.05) is 48.5 Å². The third kappa shape index (κ3) is 5.01. The molecule has 0 spiro atoms. The Labute approximate surface area is 197 Å². The normalized spacial score (nSPS) is 12.6.